The Hall–Kier alpha value is -0.763. The van der Waals surface area contributed by atoms with E-state index in [1.807, 2.05) is 6.07 Å². The lowest BCUT2D eigenvalue weighted by molar-refractivity contribution is 1.64. The van der Waals surface area contributed by atoms with Gasteiger partial charge in [-0.05, 0) is 12.1 Å². The minimum absolute atomic E-state index is 0.647. The molecular formula is C8H13NSi. The van der Waals surface area contributed by atoms with Gasteiger partial charge < -0.3 is 4.98 Å². The summed E-state index contributed by atoms with van der Waals surface area (Å²) in [6, 6.07) is 10.4. The maximum absolute atomic E-state index is 3.44. The van der Waals surface area contributed by atoms with E-state index in [-0.39, 0.29) is 0 Å². The van der Waals surface area contributed by atoms with Gasteiger partial charge in [-0.2, -0.15) is 0 Å². The zero-order chi connectivity index (χ0) is 7.40. The number of hydrogen-bond acceptors (Lipinski definition) is 1. The smallest absolute Gasteiger partial charge is 0.130 e. The van der Waals surface area contributed by atoms with Gasteiger partial charge in [0.05, 0.1) is 0 Å². The van der Waals surface area contributed by atoms with Gasteiger partial charge in [-0.3, -0.25) is 0 Å². The van der Waals surface area contributed by atoms with Crippen LogP contribution in [-0.4, -0.2) is 8.96 Å². The Morgan fingerprint density at radius 1 is 1.10 bits per heavy atom. The van der Waals surface area contributed by atoms with Gasteiger partial charge in [-0.1, -0.05) is 31.3 Å². The fourth-order valence-corrected chi connectivity index (χ4v) is 1.73. The molecule has 0 aliphatic carbocycles. The van der Waals surface area contributed by atoms with Crippen LogP contribution in [0.3, 0.4) is 0 Å². The third-order valence-electron chi connectivity index (χ3n) is 1.23. The molecule has 54 valence electrons. The lowest BCUT2D eigenvalue weighted by atomic mass is 10.3. The molecule has 0 fully saturated rings. The van der Waals surface area contributed by atoms with E-state index in [9.17, 15) is 0 Å². The van der Waals surface area contributed by atoms with E-state index in [0.29, 0.717) is 0 Å². The number of anilines is 1. The Morgan fingerprint density at radius 3 is 2.20 bits per heavy atom. The van der Waals surface area contributed by atoms with Gasteiger partial charge in [0.2, 0.25) is 0 Å². The zero-order valence-corrected chi connectivity index (χ0v) is 7.62. The summed E-state index contributed by atoms with van der Waals surface area (Å²) >= 11 is 0. The minimum Gasteiger partial charge on any atom is -0.413 e. The molecule has 1 rings (SSSR count). The highest BCUT2D eigenvalue weighted by molar-refractivity contribution is 6.59. The van der Waals surface area contributed by atoms with E-state index in [1.165, 1.54) is 5.69 Å². The van der Waals surface area contributed by atoms with Gasteiger partial charge in [0.1, 0.15) is 8.96 Å². The van der Waals surface area contributed by atoms with Crippen LogP contribution < -0.4 is 4.98 Å². The van der Waals surface area contributed by atoms with Crippen molar-refractivity contribution in [3.63, 3.8) is 0 Å². The Bertz CT molecular complexity index is 184. The highest BCUT2D eigenvalue weighted by atomic mass is 28.3. The van der Waals surface area contributed by atoms with Crippen molar-refractivity contribution in [2.75, 3.05) is 4.98 Å². The van der Waals surface area contributed by atoms with Crippen LogP contribution in [0.15, 0.2) is 30.3 Å². The van der Waals surface area contributed by atoms with Crippen molar-refractivity contribution in [1.29, 1.82) is 0 Å². The molecule has 1 aromatic carbocycles. The van der Waals surface area contributed by atoms with E-state index >= 15 is 0 Å². The van der Waals surface area contributed by atoms with Crippen LogP contribution in [-0.2, 0) is 0 Å². The maximum atomic E-state index is 3.44. The maximum Gasteiger partial charge on any atom is 0.130 e. The molecule has 1 nitrogen and oxygen atoms in total. The molecule has 0 spiro atoms. The summed E-state index contributed by atoms with van der Waals surface area (Å²) in [4.78, 5) is 3.44. The molecule has 2 heteroatoms. The van der Waals surface area contributed by atoms with E-state index in [4.69, 9.17) is 0 Å². The SMILES string of the molecule is C[SiH](C)Nc1ccccc1. The van der Waals surface area contributed by atoms with Crippen LogP contribution in [0, 0.1) is 0 Å². The molecule has 0 aliphatic rings. The highest BCUT2D eigenvalue weighted by Crippen LogP contribution is 2.04. The normalized spacial score (nSPS) is 9.90. The van der Waals surface area contributed by atoms with Crippen molar-refractivity contribution in [3.05, 3.63) is 30.3 Å². The molecule has 0 amide bonds. The van der Waals surface area contributed by atoms with Crippen LogP contribution in [0.25, 0.3) is 0 Å². The summed E-state index contributed by atoms with van der Waals surface area (Å²) in [7, 11) is -0.647. The van der Waals surface area contributed by atoms with E-state index < -0.39 is 8.96 Å². The quantitative estimate of drug-likeness (QED) is 0.638. The van der Waals surface area contributed by atoms with E-state index in [2.05, 4.69) is 42.3 Å². The van der Waals surface area contributed by atoms with Gasteiger partial charge in [-0.15, -0.1) is 0 Å². The second-order valence-electron chi connectivity index (χ2n) is 2.67. The standard InChI is InChI=1S/C8H13NSi/c1-10(2)9-8-6-4-3-5-7-8/h3-7,9-10H,1-2H3. The van der Waals surface area contributed by atoms with Gasteiger partial charge in [0.25, 0.3) is 0 Å². The molecule has 0 aliphatic heterocycles. The van der Waals surface area contributed by atoms with Crippen molar-refractivity contribution < 1.29 is 0 Å². The Kier molecular flexibility index (Phi) is 2.51. The van der Waals surface area contributed by atoms with Crippen LogP contribution in [0.5, 0.6) is 0 Å². The first kappa shape index (κ1) is 7.35. The lowest BCUT2D eigenvalue weighted by Crippen LogP contribution is -2.14. The number of hydrogen-bond donors (Lipinski definition) is 1. The predicted molar refractivity (Wildman–Crippen MR) is 48.9 cm³/mol. The first-order valence-corrected chi connectivity index (χ1v) is 6.49. The Labute approximate surface area is 63.8 Å². The molecule has 0 aromatic heterocycles. The summed E-state index contributed by atoms with van der Waals surface area (Å²) in [6.07, 6.45) is 0. The number of benzene rings is 1. The molecule has 0 heterocycles. The third kappa shape index (κ3) is 2.23. The van der Waals surface area contributed by atoms with E-state index in [0.717, 1.165) is 0 Å². The summed E-state index contributed by atoms with van der Waals surface area (Å²) < 4.78 is 0. The zero-order valence-electron chi connectivity index (χ0n) is 6.46. The van der Waals surface area contributed by atoms with E-state index in [1.54, 1.807) is 0 Å². The molecule has 0 saturated carbocycles. The Morgan fingerprint density at radius 2 is 1.70 bits per heavy atom. The average Bonchev–Trinajstić information content (AvgIpc) is 1.88. The summed E-state index contributed by atoms with van der Waals surface area (Å²) in [6.45, 7) is 4.54. The van der Waals surface area contributed by atoms with Crippen LogP contribution in [0.4, 0.5) is 5.69 Å². The van der Waals surface area contributed by atoms with Crippen molar-refractivity contribution in [3.8, 4) is 0 Å². The average molecular weight is 151 g/mol. The van der Waals surface area contributed by atoms with Crippen molar-refractivity contribution >= 4 is 14.6 Å². The lowest BCUT2D eigenvalue weighted by Gasteiger charge is -2.06. The molecule has 10 heavy (non-hydrogen) atoms. The molecule has 0 bridgehead atoms. The molecular weight excluding hydrogens is 138 g/mol. The summed E-state index contributed by atoms with van der Waals surface area (Å²) in [5.74, 6) is 0. The second-order valence-corrected chi connectivity index (χ2v) is 5.26. The molecule has 0 unspecified atom stereocenters. The number of rotatable bonds is 2. The van der Waals surface area contributed by atoms with Crippen LogP contribution in [0.2, 0.25) is 13.1 Å². The summed E-state index contributed by atoms with van der Waals surface area (Å²) in [5, 5.41) is 0. The minimum atomic E-state index is -0.647. The number of nitrogens with one attached hydrogen (secondary N) is 1. The first-order valence-electron chi connectivity index (χ1n) is 3.60. The molecule has 0 atom stereocenters. The second kappa shape index (κ2) is 3.42. The molecule has 0 saturated heterocycles. The largest absolute Gasteiger partial charge is 0.413 e. The van der Waals surface area contributed by atoms with Gasteiger partial charge in [-0.25, -0.2) is 0 Å². The van der Waals surface area contributed by atoms with Crippen LogP contribution in [0.1, 0.15) is 0 Å². The molecule has 1 aromatic rings. The van der Waals surface area contributed by atoms with Crippen molar-refractivity contribution in [1.82, 2.24) is 0 Å². The fourth-order valence-electron chi connectivity index (χ4n) is 0.868. The van der Waals surface area contributed by atoms with Crippen LogP contribution >= 0.6 is 0 Å². The van der Waals surface area contributed by atoms with Gasteiger partial charge in [0, 0.05) is 5.69 Å². The Balaban J connectivity index is 2.59. The van der Waals surface area contributed by atoms with Gasteiger partial charge >= 0.3 is 0 Å². The predicted octanol–water partition coefficient (Wildman–Crippen LogP) is 2.08. The van der Waals surface area contributed by atoms with Crippen molar-refractivity contribution in [2.24, 2.45) is 0 Å². The highest BCUT2D eigenvalue weighted by Gasteiger charge is 1.92. The third-order valence-corrected chi connectivity index (χ3v) is 2.14. The monoisotopic (exact) mass is 151 g/mol. The topological polar surface area (TPSA) is 12.0 Å². The summed E-state index contributed by atoms with van der Waals surface area (Å²) in [5.41, 5.74) is 1.25. The number of para-hydroxylation sites is 1. The first-order chi connectivity index (χ1) is 4.79. The van der Waals surface area contributed by atoms with Crippen molar-refractivity contribution in [2.45, 2.75) is 13.1 Å². The van der Waals surface area contributed by atoms with Gasteiger partial charge in [0.15, 0.2) is 0 Å². The fraction of sp³-hybridized carbons (Fsp3) is 0.250. The molecule has 0 radical (unpaired) electrons. The molecule has 1 N–H and O–H groups in total.